The van der Waals surface area contributed by atoms with Crippen molar-refractivity contribution in [2.24, 2.45) is 5.92 Å². The number of piperidine rings is 1. The van der Waals surface area contributed by atoms with Crippen molar-refractivity contribution in [1.82, 2.24) is 10.4 Å². The number of rotatable bonds is 3. The van der Waals surface area contributed by atoms with Gasteiger partial charge in [-0.3, -0.25) is 4.79 Å². The Morgan fingerprint density at radius 1 is 1.55 bits per heavy atom. The van der Waals surface area contributed by atoms with E-state index in [1.807, 2.05) is 6.92 Å². The van der Waals surface area contributed by atoms with E-state index in [1.165, 1.54) is 5.01 Å². The highest BCUT2D eigenvalue weighted by Gasteiger charge is 2.35. The molecule has 0 aromatic heterocycles. The van der Waals surface area contributed by atoms with Crippen LogP contribution in [0, 0.1) is 5.92 Å². The first-order valence-corrected chi connectivity index (χ1v) is 7.23. The summed E-state index contributed by atoms with van der Waals surface area (Å²) in [7, 11) is 0. The topological polar surface area (TPSA) is 58.6 Å². The summed E-state index contributed by atoms with van der Waals surface area (Å²) in [5.41, 5.74) is 3.17. The molecule has 8 heteroatoms. The number of hydrogen-bond donors (Lipinski definition) is 1. The Labute approximate surface area is 133 Å². The maximum atomic E-state index is 11.9. The van der Waals surface area contributed by atoms with Crippen LogP contribution in [0.2, 0.25) is 0 Å². The first kappa shape index (κ1) is 17.4. The van der Waals surface area contributed by atoms with Crippen LogP contribution in [0.5, 0.6) is 0 Å². The van der Waals surface area contributed by atoms with Gasteiger partial charge in [0.05, 0.1) is 6.04 Å². The van der Waals surface area contributed by atoms with Gasteiger partial charge in [0.15, 0.2) is 0 Å². The summed E-state index contributed by atoms with van der Waals surface area (Å²) in [6.45, 7) is 7.25. The summed E-state index contributed by atoms with van der Waals surface area (Å²) in [4.78, 5) is 23.6. The van der Waals surface area contributed by atoms with Crippen LogP contribution in [-0.2, 0) is 9.53 Å². The van der Waals surface area contributed by atoms with Crippen molar-refractivity contribution in [3.8, 4) is 0 Å². The molecular weight excluding hydrogens is 327 g/mol. The normalized spacial score (nSPS) is 23.4. The quantitative estimate of drug-likeness (QED) is 0.632. The van der Waals surface area contributed by atoms with Crippen LogP contribution in [0.3, 0.4) is 0 Å². The van der Waals surface area contributed by atoms with Crippen molar-refractivity contribution in [1.29, 1.82) is 0 Å². The third-order valence-corrected chi connectivity index (χ3v) is 3.31. The third kappa shape index (κ3) is 5.04. The van der Waals surface area contributed by atoms with Gasteiger partial charge in [-0.2, -0.15) is 0 Å². The molecule has 0 radical (unpaired) electrons. The Morgan fingerprint density at radius 3 is 2.65 bits per heavy atom. The van der Waals surface area contributed by atoms with E-state index in [2.05, 4.69) is 12.0 Å². The molecule has 1 saturated heterocycles. The van der Waals surface area contributed by atoms with Gasteiger partial charge in [-0.15, -0.1) is 0 Å². The monoisotopic (exact) mass is 342 g/mol. The summed E-state index contributed by atoms with van der Waals surface area (Å²) >= 11 is 16.4. The molecule has 0 aliphatic carbocycles. The summed E-state index contributed by atoms with van der Waals surface area (Å²) in [6, 6.07) is -0.267. The van der Waals surface area contributed by atoms with Gasteiger partial charge in [0.1, 0.15) is 6.61 Å². The fourth-order valence-electron chi connectivity index (χ4n) is 2.16. The Hall–Kier alpha value is -0.650. The Bertz CT molecular complexity index is 409. The Morgan fingerprint density at radius 2 is 2.15 bits per heavy atom. The second-order valence-electron chi connectivity index (χ2n) is 4.87. The molecule has 114 valence electrons. The molecule has 0 aromatic carbocycles. The molecular formula is C12H17Cl3N2O3. The second-order valence-corrected chi connectivity index (χ2v) is 7.39. The van der Waals surface area contributed by atoms with E-state index in [4.69, 9.17) is 39.5 Å². The molecule has 1 N–H and O–H groups in total. The number of nitrogens with zero attached hydrogens (tertiary/aromatic N) is 1. The molecule has 1 fully saturated rings. The van der Waals surface area contributed by atoms with Crippen molar-refractivity contribution < 1.29 is 14.3 Å². The van der Waals surface area contributed by atoms with Crippen molar-refractivity contribution >= 4 is 46.8 Å². The molecule has 0 saturated carbocycles. The maximum absolute atomic E-state index is 11.9. The number of carbonyl (C=O) groups excluding carboxylic acids is 2. The fraction of sp³-hybridized carbons (Fsp3) is 0.667. The number of hydrazine groups is 1. The summed E-state index contributed by atoms with van der Waals surface area (Å²) in [5.74, 6) is 0.000561. The number of alkyl halides is 3. The van der Waals surface area contributed by atoms with Crippen LogP contribution in [-0.4, -0.2) is 33.5 Å². The SMILES string of the molecule is C=C(C)[C@H]1[C@H](C)CCC(=O)N1NC(=O)OCC(Cl)(Cl)Cl. The third-order valence-electron chi connectivity index (χ3n) is 2.98. The van der Waals surface area contributed by atoms with E-state index in [0.29, 0.717) is 6.42 Å². The van der Waals surface area contributed by atoms with E-state index < -0.39 is 16.5 Å². The van der Waals surface area contributed by atoms with Crippen molar-refractivity contribution in [2.75, 3.05) is 6.61 Å². The zero-order valence-electron chi connectivity index (χ0n) is 11.3. The van der Waals surface area contributed by atoms with Gasteiger partial charge >= 0.3 is 6.09 Å². The molecule has 0 spiro atoms. The number of amides is 2. The van der Waals surface area contributed by atoms with Crippen molar-refractivity contribution in [3.05, 3.63) is 12.2 Å². The van der Waals surface area contributed by atoms with E-state index in [1.54, 1.807) is 6.92 Å². The van der Waals surface area contributed by atoms with Crippen molar-refractivity contribution in [3.63, 3.8) is 0 Å². The van der Waals surface area contributed by atoms with E-state index in [0.717, 1.165) is 12.0 Å². The van der Waals surface area contributed by atoms with E-state index in [-0.39, 0.29) is 17.9 Å². The molecule has 0 unspecified atom stereocenters. The molecule has 0 bridgehead atoms. The first-order chi connectivity index (χ1) is 9.11. The Kier molecular flexibility index (Phi) is 5.98. The lowest BCUT2D eigenvalue weighted by Crippen LogP contribution is -2.57. The number of ether oxygens (including phenoxy) is 1. The van der Waals surface area contributed by atoms with Gasteiger partial charge in [0.25, 0.3) is 0 Å². The Balaban J connectivity index is 2.68. The lowest BCUT2D eigenvalue weighted by Gasteiger charge is -2.39. The minimum Gasteiger partial charge on any atom is -0.444 e. The van der Waals surface area contributed by atoms with Gasteiger partial charge in [0.2, 0.25) is 9.70 Å². The van der Waals surface area contributed by atoms with Crippen LogP contribution in [0.15, 0.2) is 12.2 Å². The largest absolute Gasteiger partial charge is 0.444 e. The fourth-order valence-corrected chi connectivity index (χ4v) is 2.32. The number of nitrogens with one attached hydrogen (secondary N) is 1. The van der Waals surface area contributed by atoms with Crippen LogP contribution in [0.4, 0.5) is 4.79 Å². The lowest BCUT2D eigenvalue weighted by molar-refractivity contribution is -0.140. The molecule has 20 heavy (non-hydrogen) atoms. The van der Waals surface area contributed by atoms with Crippen LogP contribution in [0.25, 0.3) is 0 Å². The van der Waals surface area contributed by atoms with E-state index >= 15 is 0 Å². The zero-order valence-corrected chi connectivity index (χ0v) is 13.6. The van der Waals surface area contributed by atoms with E-state index in [9.17, 15) is 9.59 Å². The van der Waals surface area contributed by atoms with Gasteiger partial charge in [-0.05, 0) is 19.3 Å². The average molecular weight is 344 g/mol. The molecule has 1 aliphatic heterocycles. The number of hydrogen-bond acceptors (Lipinski definition) is 3. The summed E-state index contributed by atoms with van der Waals surface area (Å²) in [6.07, 6.45) is 0.262. The first-order valence-electron chi connectivity index (χ1n) is 6.09. The maximum Gasteiger partial charge on any atom is 0.426 e. The summed E-state index contributed by atoms with van der Waals surface area (Å²) < 4.78 is 3.06. The predicted octanol–water partition coefficient (Wildman–Crippen LogP) is 3.20. The van der Waals surface area contributed by atoms with Gasteiger partial charge < -0.3 is 4.74 Å². The smallest absolute Gasteiger partial charge is 0.426 e. The number of halogens is 3. The highest BCUT2D eigenvalue weighted by molar-refractivity contribution is 6.67. The summed E-state index contributed by atoms with van der Waals surface area (Å²) in [5, 5.41) is 1.25. The van der Waals surface area contributed by atoms with Gasteiger partial charge in [-0.25, -0.2) is 15.2 Å². The minimum absolute atomic E-state index is 0.193. The van der Waals surface area contributed by atoms with Gasteiger partial charge in [-0.1, -0.05) is 53.9 Å². The molecule has 1 heterocycles. The molecule has 5 nitrogen and oxygen atoms in total. The van der Waals surface area contributed by atoms with Crippen LogP contribution in [0.1, 0.15) is 26.7 Å². The predicted molar refractivity (Wildman–Crippen MR) is 78.6 cm³/mol. The molecule has 0 aromatic rings. The standard InChI is InChI=1S/C12H17Cl3N2O3/c1-7(2)10-8(3)4-5-9(18)17(10)16-11(19)20-6-12(13,14)15/h8,10H,1,4-6H2,2-3H3,(H,16,19)/t8-,10+/m1/s1. The molecule has 1 aliphatic rings. The second kappa shape index (κ2) is 6.87. The minimum atomic E-state index is -1.69. The van der Waals surface area contributed by atoms with Crippen LogP contribution < -0.4 is 5.43 Å². The molecule has 2 atom stereocenters. The molecule has 1 rings (SSSR count). The zero-order chi connectivity index (χ0) is 15.5. The average Bonchev–Trinajstić information content (AvgIpc) is 2.30. The van der Waals surface area contributed by atoms with Gasteiger partial charge in [0, 0.05) is 6.42 Å². The highest BCUT2D eigenvalue weighted by Crippen LogP contribution is 2.28. The highest BCUT2D eigenvalue weighted by atomic mass is 35.6. The molecule has 2 amide bonds. The van der Waals surface area contributed by atoms with Crippen molar-refractivity contribution in [2.45, 2.75) is 36.5 Å². The number of carbonyl (C=O) groups is 2. The lowest BCUT2D eigenvalue weighted by atomic mass is 9.88. The van der Waals surface area contributed by atoms with Crippen LogP contribution >= 0.6 is 34.8 Å².